The minimum Gasteiger partial charge on any atom is -0.652 e. The molecule has 0 saturated heterocycles. The van der Waals surface area contributed by atoms with Gasteiger partial charge in [-0.15, -0.1) is 0 Å². The molecule has 0 fully saturated rings. The van der Waals surface area contributed by atoms with E-state index in [0.29, 0.717) is 0 Å². The normalized spacial score (nSPS) is 4.80. The standard InChI is InChI=1S/2CH2O3.Fe.Zn/c2*2-1(3)4;;/h2*(H2,2,3,4);;/q;;2*+2/p-4. The molecule has 0 N–H and O–H groups in total. The van der Waals surface area contributed by atoms with E-state index in [1.807, 2.05) is 0 Å². The van der Waals surface area contributed by atoms with Crippen molar-refractivity contribution in [2.45, 2.75) is 0 Å². The van der Waals surface area contributed by atoms with Gasteiger partial charge in [0.15, 0.2) is 0 Å². The summed E-state index contributed by atoms with van der Waals surface area (Å²) in [4.78, 5) is 16.7. The van der Waals surface area contributed by atoms with Crippen LogP contribution in [0.2, 0.25) is 0 Å². The molecule has 0 rings (SSSR count). The Morgan fingerprint density at radius 3 is 0.800 bits per heavy atom. The Hall–Kier alpha value is -0.317. The Kier molecular flexibility index (Phi) is 35.9. The zero-order valence-corrected chi connectivity index (χ0v) is 8.58. The molecule has 0 unspecified atom stereocenters. The topological polar surface area (TPSA) is 126 Å². The molecule has 0 aliphatic rings. The maximum absolute atomic E-state index is 8.33. The van der Waals surface area contributed by atoms with E-state index in [9.17, 15) is 0 Å². The van der Waals surface area contributed by atoms with Crippen LogP contribution in [-0.2, 0) is 36.5 Å². The molecule has 10 heavy (non-hydrogen) atoms. The largest absolute Gasteiger partial charge is 2.00 e. The van der Waals surface area contributed by atoms with E-state index in [4.69, 9.17) is 30.0 Å². The Morgan fingerprint density at radius 2 is 0.800 bits per heavy atom. The molecule has 0 aromatic carbocycles. The van der Waals surface area contributed by atoms with Gasteiger partial charge in [-0.25, -0.2) is 0 Å². The molecule has 0 heterocycles. The summed E-state index contributed by atoms with van der Waals surface area (Å²) in [5, 5.41) is 33.3. The van der Waals surface area contributed by atoms with Gasteiger partial charge in [-0.2, -0.15) is 0 Å². The van der Waals surface area contributed by atoms with Crippen LogP contribution in [0.5, 0.6) is 0 Å². The first-order chi connectivity index (χ1) is 3.46. The predicted molar refractivity (Wildman–Crippen MR) is 10.8 cm³/mol. The molecule has 0 amide bonds. The summed E-state index contributed by atoms with van der Waals surface area (Å²) < 4.78 is 0. The van der Waals surface area contributed by atoms with E-state index in [0.717, 1.165) is 0 Å². The molecule has 6 nitrogen and oxygen atoms in total. The van der Waals surface area contributed by atoms with E-state index < -0.39 is 12.3 Å². The first-order valence-corrected chi connectivity index (χ1v) is 1.22. The van der Waals surface area contributed by atoms with Gasteiger partial charge >= 0.3 is 36.5 Å². The van der Waals surface area contributed by atoms with Gasteiger partial charge in [0.25, 0.3) is 0 Å². The summed E-state index contributed by atoms with van der Waals surface area (Å²) >= 11 is 0. The monoisotopic (exact) mass is 240 g/mol. The average Bonchev–Trinajstić information content (AvgIpc) is 1.25. The fourth-order valence-corrected chi connectivity index (χ4v) is 0. The molecule has 0 saturated carbocycles. The van der Waals surface area contributed by atoms with Crippen molar-refractivity contribution >= 4 is 12.3 Å². The number of carboxylic acid groups (broad SMARTS) is 4. The van der Waals surface area contributed by atoms with Crippen LogP contribution in [-0.4, -0.2) is 12.3 Å². The van der Waals surface area contributed by atoms with Crippen LogP contribution in [0.4, 0.5) is 9.59 Å². The van der Waals surface area contributed by atoms with Crippen molar-refractivity contribution in [3.05, 3.63) is 0 Å². The van der Waals surface area contributed by atoms with Gasteiger partial charge in [0.05, 0.1) is 0 Å². The molecule has 54 valence electrons. The summed E-state index contributed by atoms with van der Waals surface area (Å²) in [5.74, 6) is 0. The van der Waals surface area contributed by atoms with E-state index in [2.05, 4.69) is 0 Å². The van der Waals surface area contributed by atoms with Crippen LogP contribution >= 0.6 is 0 Å². The van der Waals surface area contributed by atoms with E-state index in [1.54, 1.807) is 0 Å². The van der Waals surface area contributed by atoms with E-state index in [1.165, 1.54) is 0 Å². The zero-order chi connectivity index (χ0) is 7.15. The summed E-state index contributed by atoms with van der Waals surface area (Å²) in [6.45, 7) is 0. The Labute approximate surface area is 79.1 Å². The van der Waals surface area contributed by atoms with Crippen LogP contribution in [0.15, 0.2) is 0 Å². The van der Waals surface area contributed by atoms with Crippen molar-refractivity contribution in [1.29, 1.82) is 0 Å². The fraction of sp³-hybridized carbons (Fsp3) is 0. The minimum atomic E-state index is -2.33. The number of carbonyl (C=O) groups is 2. The zero-order valence-electron chi connectivity index (χ0n) is 4.51. The second-order valence-corrected chi connectivity index (χ2v) is 0.500. The molecule has 8 heteroatoms. The SMILES string of the molecule is O=C([O-])[O-].O=C([O-])[O-].[Fe+2].[Zn+2]. The summed E-state index contributed by atoms with van der Waals surface area (Å²) in [7, 11) is 0. The smallest absolute Gasteiger partial charge is 0.652 e. The van der Waals surface area contributed by atoms with Gasteiger partial charge < -0.3 is 30.0 Å². The molecule has 0 aliphatic carbocycles. The second-order valence-electron chi connectivity index (χ2n) is 0.500. The molecule has 0 atom stereocenters. The second kappa shape index (κ2) is 15.9. The molecule has 0 bridgehead atoms. The van der Waals surface area contributed by atoms with Crippen LogP contribution in [0.25, 0.3) is 0 Å². The van der Waals surface area contributed by atoms with Gasteiger partial charge in [-0.1, -0.05) is 0 Å². The van der Waals surface area contributed by atoms with Gasteiger partial charge in [-0.3, -0.25) is 0 Å². The van der Waals surface area contributed by atoms with Crippen molar-refractivity contribution in [3.63, 3.8) is 0 Å². The maximum atomic E-state index is 8.33. The number of hydrogen-bond donors (Lipinski definition) is 0. The molecule has 0 aliphatic heterocycles. The van der Waals surface area contributed by atoms with Crippen LogP contribution in [0, 0.1) is 0 Å². The molecule has 0 spiro atoms. The fourth-order valence-electron chi connectivity index (χ4n) is 0. The minimum absolute atomic E-state index is 0. The van der Waals surface area contributed by atoms with Crippen LogP contribution in [0.3, 0.4) is 0 Å². The third-order valence-electron chi connectivity index (χ3n) is 0. The number of hydrogen-bond acceptors (Lipinski definition) is 6. The number of carbonyl (C=O) groups excluding carboxylic acids is 2. The van der Waals surface area contributed by atoms with Crippen molar-refractivity contribution in [3.8, 4) is 0 Å². The quantitative estimate of drug-likeness (QED) is 0.391. The van der Waals surface area contributed by atoms with Crippen LogP contribution in [0.1, 0.15) is 0 Å². The molecule has 0 aromatic heterocycles. The van der Waals surface area contributed by atoms with Gasteiger partial charge in [-0.05, 0) is 12.3 Å². The van der Waals surface area contributed by atoms with Gasteiger partial charge in [0.1, 0.15) is 0 Å². The van der Waals surface area contributed by atoms with Crippen molar-refractivity contribution in [2.75, 3.05) is 0 Å². The summed E-state index contributed by atoms with van der Waals surface area (Å²) in [6.07, 6.45) is -4.67. The third kappa shape index (κ3) is 3410. The summed E-state index contributed by atoms with van der Waals surface area (Å²) in [6, 6.07) is 0. The molecular weight excluding hydrogens is 241 g/mol. The third-order valence-corrected chi connectivity index (χ3v) is 0. The average molecular weight is 241 g/mol. The first-order valence-electron chi connectivity index (χ1n) is 1.22. The van der Waals surface area contributed by atoms with Crippen molar-refractivity contribution < 1.29 is 66.6 Å². The summed E-state index contributed by atoms with van der Waals surface area (Å²) in [5.41, 5.74) is 0. The van der Waals surface area contributed by atoms with Gasteiger partial charge in [0, 0.05) is 0 Å². The van der Waals surface area contributed by atoms with E-state index in [-0.39, 0.29) is 36.5 Å². The number of rotatable bonds is 0. The predicted octanol–water partition coefficient (Wildman–Crippen LogP) is -4.90. The van der Waals surface area contributed by atoms with E-state index >= 15 is 0 Å². The molecular formula is C2FeO6Zn. The van der Waals surface area contributed by atoms with Crippen LogP contribution < -0.4 is 20.4 Å². The molecule has 0 radical (unpaired) electrons. The van der Waals surface area contributed by atoms with Gasteiger partial charge in [0.2, 0.25) is 0 Å². The Morgan fingerprint density at radius 1 is 0.800 bits per heavy atom. The maximum Gasteiger partial charge on any atom is 2.00 e. The first kappa shape index (κ1) is 22.6. The Balaban J connectivity index is -0.0000000300. The van der Waals surface area contributed by atoms with Crippen molar-refractivity contribution in [1.82, 2.24) is 0 Å². The van der Waals surface area contributed by atoms with Crippen molar-refractivity contribution in [2.24, 2.45) is 0 Å². The molecule has 0 aromatic rings. The Bertz CT molecular complexity index is 73.7.